The molecule has 158 valence electrons. The summed E-state index contributed by atoms with van der Waals surface area (Å²) >= 11 is 6.05. The van der Waals surface area contributed by atoms with Crippen molar-refractivity contribution in [2.75, 3.05) is 26.2 Å². The molecule has 1 atom stereocenters. The Bertz CT molecular complexity index is 958. The fourth-order valence-corrected chi connectivity index (χ4v) is 5.21. The Labute approximate surface area is 177 Å². The summed E-state index contributed by atoms with van der Waals surface area (Å²) in [4.78, 5) is 16.4. The number of amides is 2. The molecule has 0 bridgehead atoms. The lowest BCUT2D eigenvalue weighted by atomic mass is 10.1. The summed E-state index contributed by atoms with van der Waals surface area (Å²) in [5.74, 6) is 0.462. The lowest BCUT2D eigenvalue weighted by molar-refractivity contribution is 0.196. The van der Waals surface area contributed by atoms with Crippen LogP contribution in [0.3, 0.4) is 0 Å². The first-order valence-electron chi connectivity index (χ1n) is 9.85. The number of carbonyl (C=O) groups is 1. The molecule has 1 aromatic rings. The van der Waals surface area contributed by atoms with Gasteiger partial charge < -0.3 is 15.1 Å². The Balaban J connectivity index is 1.80. The Morgan fingerprint density at radius 1 is 1.28 bits per heavy atom. The number of halogens is 1. The van der Waals surface area contributed by atoms with Crippen LogP contribution >= 0.6 is 11.6 Å². The zero-order chi connectivity index (χ0) is 21.2. The fourth-order valence-electron chi connectivity index (χ4n) is 3.55. The van der Waals surface area contributed by atoms with Crippen molar-refractivity contribution in [3.05, 3.63) is 40.4 Å². The van der Waals surface area contributed by atoms with Gasteiger partial charge in [0.05, 0.1) is 0 Å². The van der Waals surface area contributed by atoms with Gasteiger partial charge in [-0.15, -0.1) is 4.40 Å². The monoisotopic (exact) mass is 438 g/mol. The maximum absolute atomic E-state index is 12.8. The molecule has 9 heteroatoms. The molecule has 29 heavy (non-hydrogen) atoms. The van der Waals surface area contributed by atoms with Crippen molar-refractivity contribution in [3.63, 3.8) is 0 Å². The van der Waals surface area contributed by atoms with Gasteiger partial charge >= 0.3 is 6.03 Å². The van der Waals surface area contributed by atoms with Gasteiger partial charge in [-0.05, 0) is 44.4 Å². The van der Waals surface area contributed by atoms with Gasteiger partial charge in [0.1, 0.15) is 10.7 Å². The highest BCUT2D eigenvalue weighted by molar-refractivity contribution is 8.00. The lowest BCUT2D eigenvalue weighted by Crippen LogP contribution is -2.45. The largest absolute Gasteiger partial charge is 0.354 e. The molecule has 3 rings (SSSR count). The Kier molecular flexibility index (Phi) is 6.53. The Morgan fingerprint density at radius 2 is 2.03 bits per heavy atom. The predicted octanol–water partition coefficient (Wildman–Crippen LogP) is 3.33. The second kappa shape index (κ2) is 8.75. The van der Waals surface area contributed by atoms with E-state index >= 15 is 0 Å². The molecule has 0 aromatic heterocycles. The molecule has 2 aliphatic rings. The highest BCUT2D eigenvalue weighted by Gasteiger charge is 2.34. The van der Waals surface area contributed by atoms with E-state index in [1.165, 1.54) is 0 Å². The molecular formula is C20H27ClN4O3S. The number of urea groups is 1. The predicted molar refractivity (Wildman–Crippen MR) is 116 cm³/mol. The third-order valence-electron chi connectivity index (χ3n) is 5.29. The second-order valence-corrected chi connectivity index (χ2v) is 9.42. The van der Waals surface area contributed by atoms with Gasteiger partial charge in [0.15, 0.2) is 0 Å². The summed E-state index contributed by atoms with van der Waals surface area (Å²) in [7, 11) is -3.79. The number of hydrogen-bond donors (Lipinski definition) is 1. The Morgan fingerprint density at radius 3 is 2.72 bits per heavy atom. The molecule has 0 spiro atoms. The van der Waals surface area contributed by atoms with Crippen LogP contribution in [0.4, 0.5) is 4.79 Å². The maximum atomic E-state index is 12.8. The van der Waals surface area contributed by atoms with Crippen molar-refractivity contribution in [2.24, 2.45) is 4.40 Å². The number of sulfonamides is 1. The molecule has 1 N–H and O–H groups in total. The SMILES string of the molecule is CC[C@H](C)NC(=O)N1CCCN(C2=NS(=O)(=O)C(c3cccc(Cl)c3)=C2C)CC1. The number of nitrogens with zero attached hydrogens (tertiary/aromatic N) is 3. The number of carbonyl (C=O) groups excluding carboxylic acids is 1. The summed E-state index contributed by atoms with van der Waals surface area (Å²) < 4.78 is 29.6. The van der Waals surface area contributed by atoms with E-state index in [0.717, 1.165) is 12.8 Å². The summed E-state index contributed by atoms with van der Waals surface area (Å²) in [6.07, 6.45) is 1.61. The highest BCUT2D eigenvalue weighted by atomic mass is 35.5. The zero-order valence-corrected chi connectivity index (χ0v) is 18.6. The third-order valence-corrected chi connectivity index (χ3v) is 7.00. The first kappa shape index (κ1) is 21.6. The first-order valence-corrected chi connectivity index (χ1v) is 11.7. The molecule has 1 fully saturated rings. The van der Waals surface area contributed by atoms with Gasteiger partial charge in [-0.2, -0.15) is 8.42 Å². The summed E-state index contributed by atoms with van der Waals surface area (Å²) in [6, 6.07) is 6.85. The van der Waals surface area contributed by atoms with Crippen molar-refractivity contribution >= 4 is 38.4 Å². The van der Waals surface area contributed by atoms with E-state index in [0.29, 0.717) is 48.2 Å². The van der Waals surface area contributed by atoms with Crippen molar-refractivity contribution in [1.29, 1.82) is 0 Å². The molecule has 2 heterocycles. The van der Waals surface area contributed by atoms with Gasteiger partial charge in [-0.1, -0.05) is 30.7 Å². The first-order chi connectivity index (χ1) is 13.7. The Hall–Kier alpha value is -2.06. The number of amidine groups is 1. The number of benzene rings is 1. The zero-order valence-electron chi connectivity index (χ0n) is 17.0. The van der Waals surface area contributed by atoms with Crippen molar-refractivity contribution < 1.29 is 13.2 Å². The quantitative estimate of drug-likeness (QED) is 0.784. The molecule has 2 aliphatic heterocycles. The van der Waals surface area contributed by atoms with E-state index in [1.807, 2.05) is 18.7 Å². The van der Waals surface area contributed by atoms with Crippen LogP contribution < -0.4 is 5.32 Å². The van der Waals surface area contributed by atoms with E-state index in [-0.39, 0.29) is 17.0 Å². The van der Waals surface area contributed by atoms with E-state index in [1.54, 1.807) is 36.1 Å². The molecule has 0 radical (unpaired) electrons. The van der Waals surface area contributed by atoms with Crippen LogP contribution in [0.5, 0.6) is 0 Å². The van der Waals surface area contributed by atoms with Crippen LogP contribution in [0.2, 0.25) is 5.02 Å². The highest BCUT2D eigenvalue weighted by Crippen LogP contribution is 2.34. The molecule has 0 aliphatic carbocycles. The third kappa shape index (κ3) is 4.75. The topological polar surface area (TPSA) is 82.1 Å². The van der Waals surface area contributed by atoms with Crippen LogP contribution in [0.25, 0.3) is 4.91 Å². The van der Waals surface area contributed by atoms with Gasteiger partial charge in [0.2, 0.25) is 0 Å². The summed E-state index contributed by atoms with van der Waals surface area (Å²) in [5, 5.41) is 3.46. The summed E-state index contributed by atoms with van der Waals surface area (Å²) in [6.45, 7) is 8.10. The minimum Gasteiger partial charge on any atom is -0.354 e. The molecule has 1 aromatic carbocycles. The fraction of sp³-hybridized carbons (Fsp3) is 0.500. The molecule has 2 amide bonds. The average molecular weight is 439 g/mol. The van der Waals surface area contributed by atoms with Crippen LogP contribution in [0.15, 0.2) is 34.2 Å². The van der Waals surface area contributed by atoms with Crippen LogP contribution in [0, 0.1) is 0 Å². The number of nitrogens with one attached hydrogen (secondary N) is 1. The van der Waals surface area contributed by atoms with Crippen LogP contribution in [-0.4, -0.2) is 62.3 Å². The number of hydrogen-bond acceptors (Lipinski definition) is 4. The number of rotatable bonds is 3. The molecule has 0 saturated carbocycles. The smallest absolute Gasteiger partial charge is 0.317 e. The van der Waals surface area contributed by atoms with Crippen molar-refractivity contribution in [2.45, 2.75) is 39.7 Å². The normalized spacial score (nSPS) is 20.3. The molecule has 7 nitrogen and oxygen atoms in total. The van der Waals surface area contributed by atoms with Gasteiger partial charge in [-0.3, -0.25) is 0 Å². The molecule has 1 saturated heterocycles. The summed E-state index contributed by atoms with van der Waals surface area (Å²) in [5.41, 5.74) is 1.16. The van der Waals surface area contributed by atoms with Crippen molar-refractivity contribution in [1.82, 2.24) is 15.1 Å². The van der Waals surface area contributed by atoms with Crippen molar-refractivity contribution in [3.8, 4) is 0 Å². The average Bonchev–Trinajstić information content (AvgIpc) is 2.82. The maximum Gasteiger partial charge on any atom is 0.317 e. The minimum absolute atomic E-state index is 0.0749. The van der Waals surface area contributed by atoms with Gasteiger partial charge in [0, 0.05) is 42.8 Å². The standard InChI is InChI=1S/C20H27ClN4O3S/c1-4-14(2)22-20(26)25-10-6-9-24(11-12-25)19-15(3)18(29(27,28)23-19)16-7-5-8-17(21)13-16/h5,7-8,13-14H,4,6,9-12H2,1-3H3,(H,22,26)/t14-/m0/s1. The van der Waals surface area contributed by atoms with E-state index in [4.69, 9.17) is 11.6 Å². The molecule has 0 unspecified atom stereocenters. The van der Waals surface area contributed by atoms with Gasteiger partial charge in [-0.25, -0.2) is 4.79 Å². The van der Waals surface area contributed by atoms with Gasteiger partial charge in [0.25, 0.3) is 10.0 Å². The van der Waals surface area contributed by atoms with E-state index in [2.05, 4.69) is 9.71 Å². The van der Waals surface area contributed by atoms with E-state index < -0.39 is 10.0 Å². The molecular weight excluding hydrogens is 412 g/mol. The van der Waals surface area contributed by atoms with Crippen LogP contribution in [-0.2, 0) is 10.0 Å². The van der Waals surface area contributed by atoms with Crippen LogP contribution in [0.1, 0.15) is 39.2 Å². The second-order valence-electron chi connectivity index (χ2n) is 7.44. The van der Waals surface area contributed by atoms with E-state index in [9.17, 15) is 13.2 Å². The lowest BCUT2D eigenvalue weighted by Gasteiger charge is -2.25. The minimum atomic E-state index is -3.79.